The van der Waals surface area contributed by atoms with Crippen molar-refractivity contribution < 1.29 is 4.74 Å². The number of hydrogen-bond donors (Lipinski definition) is 0. The molecule has 168 valence electrons. The SMILES string of the molecule is Cc1cccc(-n2nc(-c3ccc(-c4ccc(OC(C)C)cc4)cc3)nc2-c2cnccn2)c1. The molecule has 0 unspecified atom stereocenters. The smallest absolute Gasteiger partial charge is 0.183 e. The Labute approximate surface area is 198 Å². The van der Waals surface area contributed by atoms with Crippen LogP contribution in [-0.4, -0.2) is 30.8 Å². The fraction of sp³-hybridized carbons (Fsp3) is 0.143. The minimum atomic E-state index is 0.156. The molecule has 6 nitrogen and oxygen atoms in total. The van der Waals surface area contributed by atoms with E-state index < -0.39 is 0 Å². The van der Waals surface area contributed by atoms with E-state index in [-0.39, 0.29) is 6.10 Å². The Morgan fingerprint density at radius 1 is 0.824 bits per heavy atom. The molecule has 0 bridgehead atoms. The van der Waals surface area contributed by atoms with Gasteiger partial charge in [0, 0.05) is 18.0 Å². The number of ether oxygens (including phenoxy) is 1. The molecule has 0 fully saturated rings. The van der Waals surface area contributed by atoms with Crippen LogP contribution < -0.4 is 4.74 Å². The van der Waals surface area contributed by atoms with Crippen molar-refractivity contribution in [2.45, 2.75) is 26.9 Å². The van der Waals surface area contributed by atoms with Crippen molar-refractivity contribution in [3.63, 3.8) is 0 Å². The average molecular weight is 448 g/mol. The van der Waals surface area contributed by atoms with E-state index >= 15 is 0 Å². The van der Waals surface area contributed by atoms with Crippen LogP contribution in [0.5, 0.6) is 5.75 Å². The number of rotatable bonds is 6. The van der Waals surface area contributed by atoms with E-state index in [1.165, 1.54) is 0 Å². The van der Waals surface area contributed by atoms with Gasteiger partial charge in [0.2, 0.25) is 0 Å². The van der Waals surface area contributed by atoms with Gasteiger partial charge in [0.1, 0.15) is 11.4 Å². The van der Waals surface area contributed by atoms with Crippen LogP contribution in [0, 0.1) is 6.92 Å². The van der Waals surface area contributed by atoms with Crippen molar-refractivity contribution >= 4 is 0 Å². The Morgan fingerprint density at radius 2 is 1.53 bits per heavy atom. The second kappa shape index (κ2) is 9.27. The first-order valence-corrected chi connectivity index (χ1v) is 11.2. The van der Waals surface area contributed by atoms with Crippen molar-refractivity contribution in [3.05, 3.63) is 97.0 Å². The van der Waals surface area contributed by atoms with Crippen LogP contribution in [-0.2, 0) is 0 Å². The predicted molar refractivity (Wildman–Crippen MR) is 134 cm³/mol. The first-order chi connectivity index (χ1) is 16.6. The Bertz CT molecular complexity index is 1390. The molecule has 6 heteroatoms. The summed E-state index contributed by atoms with van der Waals surface area (Å²) in [5.41, 5.74) is 5.92. The zero-order valence-electron chi connectivity index (χ0n) is 19.4. The normalized spacial score (nSPS) is 11.1. The van der Waals surface area contributed by atoms with E-state index in [9.17, 15) is 0 Å². The molecule has 0 amide bonds. The lowest BCUT2D eigenvalue weighted by Crippen LogP contribution is -2.05. The van der Waals surface area contributed by atoms with Crippen molar-refractivity contribution in [2.75, 3.05) is 0 Å². The summed E-state index contributed by atoms with van der Waals surface area (Å²) in [6.45, 7) is 6.11. The second-order valence-electron chi connectivity index (χ2n) is 8.37. The monoisotopic (exact) mass is 447 g/mol. The van der Waals surface area contributed by atoms with Gasteiger partial charge in [0.15, 0.2) is 11.6 Å². The van der Waals surface area contributed by atoms with Gasteiger partial charge in [-0.05, 0) is 61.7 Å². The molecule has 0 saturated carbocycles. The van der Waals surface area contributed by atoms with Gasteiger partial charge in [-0.25, -0.2) is 14.6 Å². The lowest BCUT2D eigenvalue weighted by atomic mass is 10.0. The third kappa shape index (κ3) is 4.57. The summed E-state index contributed by atoms with van der Waals surface area (Å²) in [5, 5.41) is 4.83. The first kappa shape index (κ1) is 21.5. The number of benzene rings is 3. The minimum Gasteiger partial charge on any atom is -0.491 e. The van der Waals surface area contributed by atoms with Gasteiger partial charge in [0.25, 0.3) is 0 Å². The molecule has 2 aromatic heterocycles. The Kier molecular flexibility index (Phi) is 5.87. The van der Waals surface area contributed by atoms with Crippen LogP contribution in [0.25, 0.3) is 39.7 Å². The van der Waals surface area contributed by atoms with Crippen molar-refractivity contribution in [1.82, 2.24) is 24.7 Å². The van der Waals surface area contributed by atoms with Crippen molar-refractivity contribution in [1.29, 1.82) is 0 Å². The molecule has 34 heavy (non-hydrogen) atoms. The first-order valence-electron chi connectivity index (χ1n) is 11.2. The molecule has 0 aliphatic carbocycles. The third-order valence-electron chi connectivity index (χ3n) is 5.35. The summed E-state index contributed by atoms with van der Waals surface area (Å²) in [4.78, 5) is 13.5. The van der Waals surface area contributed by atoms with E-state index in [0.29, 0.717) is 17.3 Å². The van der Waals surface area contributed by atoms with E-state index in [2.05, 4.69) is 53.3 Å². The molecular formula is C28H25N5O. The summed E-state index contributed by atoms with van der Waals surface area (Å²) >= 11 is 0. The Hall–Kier alpha value is -4.32. The molecule has 0 saturated heterocycles. The highest BCUT2D eigenvalue weighted by atomic mass is 16.5. The average Bonchev–Trinajstić information content (AvgIpc) is 3.31. The van der Waals surface area contributed by atoms with Crippen LogP contribution in [0.15, 0.2) is 91.4 Å². The van der Waals surface area contributed by atoms with Crippen LogP contribution in [0.3, 0.4) is 0 Å². The van der Waals surface area contributed by atoms with Crippen molar-refractivity contribution in [3.8, 4) is 45.5 Å². The van der Waals surface area contributed by atoms with Crippen LogP contribution in [0.2, 0.25) is 0 Å². The standard InChI is InChI=1S/C28H25N5O/c1-19(2)34-25-13-11-22(12-14-25)21-7-9-23(10-8-21)27-31-28(26-18-29-15-16-30-26)33(32-27)24-6-4-5-20(3)17-24/h4-19H,1-3H3. The second-order valence-corrected chi connectivity index (χ2v) is 8.37. The van der Waals surface area contributed by atoms with Gasteiger partial charge < -0.3 is 4.74 Å². The zero-order valence-corrected chi connectivity index (χ0v) is 19.4. The fourth-order valence-electron chi connectivity index (χ4n) is 3.76. The maximum atomic E-state index is 5.75. The quantitative estimate of drug-likeness (QED) is 0.312. The maximum absolute atomic E-state index is 5.75. The molecule has 0 radical (unpaired) electrons. The molecule has 2 heterocycles. The van der Waals surface area contributed by atoms with E-state index in [0.717, 1.165) is 33.7 Å². The summed E-state index contributed by atoms with van der Waals surface area (Å²) in [7, 11) is 0. The number of aryl methyl sites for hydroxylation is 1. The third-order valence-corrected chi connectivity index (χ3v) is 5.35. The molecule has 0 aliphatic rings. The molecule has 0 atom stereocenters. The molecule has 0 N–H and O–H groups in total. The Balaban J connectivity index is 1.49. The van der Waals surface area contributed by atoms with Crippen LogP contribution in [0.4, 0.5) is 0 Å². The van der Waals surface area contributed by atoms with Gasteiger partial charge in [-0.1, -0.05) is 48.5 Å². The molecule has 3 aromatic carbocycles. The number of nitrogens with zero attached hydrogens (tertiary/aromatic N) is 5. The van der Waals surface area contributed by atoms with E-state index in [4.69, 9.17) is 14.8 Å². The highest BCUT2D eigenvalue weighted by molar-refractivity contribution is 5.69. The summed E-state index contributed by atoms with van der Waals surface area (Å²) in [6, 6.07) is 24.6. The fourth-order valence-corrected chi connectivity index (χ4v) is 3.76. The van der Waals surface area contributed by atoms with E-state index in [1.807, 2.05) is 54.9 Å². The lowest BCUT2D eigenvalue weighted by molar-refractivity contribution is 0.242. The van der Waals surface area contributed by atoms with Gasteiger partial charge in [-0.2, -0.15) is 0 Å². The zero-order chi connectivity index (χ0) is 23.5. The molecule has 0 aliphatic heterocycles. The van der Waals surface area contributed by atoms with Gasteiger partial charge >= 0.3 is 0 Å². The summed E-state index contributed by atoms with van der Waals surface area (Å²) in [5.74, 6) is 2.16. The van der Waals surface area contributed by atoms with E-state index in [1.54, 1.807) is 18.6 Å². The molecule has 5 aromatic rings. The Morgan fingerprint density at radius 3 is 2.18 bits per heavy atom. The number of aromatic nitrogens is 5. The van der Waals surface area contributed by atoms with Gasteiger partial charge in [-0.15, -0.1) is 5.10 Å². The molecular weight excluding hydrogens is 422 g/mol. The summed E-state index contributed by atoms with van der Waals surface area (Å²) < 4.78 is 7.57. The van der Waals surface area contributed by atoms with Gasteiger partial charge in [0.05, 0.1) is 18.0 Å². The highest BCUT2D eigenvalue weighted by Crippen LogP contribution is 2.28. The largest absolute Gasteiger partial charge is 0.491 e. The summed E-state index contributed by atoms with van der Waals surface area (Å²) in [6.07, 6.45) is 5.17. The number of hydrogen-bond acceptors (Lipinski definition) is 5. The van der Waals surface area contributed by atoms with Gasteiger partial charge in [-0.3, -0.25) is 4.98 Å². The van der Waals surface area contributed by atoms with Crippen LogP contribution in [0.1, 0.15) is 19.4 Å². The van der Waals surface area contributed by atoms with Crippen LogP contribution >= 0.6 is 0 Å². The molecule has 0 spiro atoms. The lowest BCUT2D eigenvalue weighted by Gasteiger charge is -2.10. The highest BCUT2D eigenvalue weighted by Gasteiger charge is 2.16. The topological polar surface area (TPSA) is 65.7 Å². The predicted octanol–water partition coefficient (Wildman–Crippen LogP) is 6.15. The maximum Gasteiger partial charge on any atom is 0.183 e. The molecule has 5 rings (SSSR count). The van der Waals surface area contributed by atoms with Crippen molar-refractivity contribution in [2.24, 2.45) is 0 Å². The minimum absolute atomic E-state index is 0.156.